The highest BCUT2D eigenvalue weighted by Gasteiger charge is 2.27. The fraction of sp³-hybridized carbons (Fsp3) is 0.318. The number of hydrogen-bond donors (Lipinski definition) is 2. The summed E-state index contributed by atoms with van der Waals surface area (Å²) in [5, 5.41) is 5.02. The van der Waals surface area contributed by atoms with Gasteiger partial charge in [0.15, 0.2) is 0 Å². The Kier molecular flexibility index (Phi) is 4.98. The number of ether oxygens (including phenoxy) is 1. The lowest BCUT2D eigenvalue weighted by molar-refractivity contribution is -0.116. The largest absolute Gasteiger partial charge is 0.379 e. The zero-order valence-corrected chi connectivity index (χ0v) is 17.8. The summed E-state index contributed by atoms with van der Waals surface area (Å²) in [5.41, 5.74) is 9.16. The third kappa shape index (κ3) is 3.47. The minimum absolute atomic E-state index is 0.203. The Balaban J connectivity index is 1.47. The summed E-state index contributed by atoms with van der Waals surface area (Å²) in [5.74, 6) is -0.203. The number of rotatable bonds is 4. The molecule has 2 aromatic heterocycles. The van der Waals surface area contributed by atoms with Crippen LogP contribution in [0.2, 0.25) is 0 Å². The van der Waals surface area contributed by atoms with Crippen LogP contribution in [0.25, 0.3) is 16.3 Å². The summed E-state index contributed by atoms with van der Waals surface area (Å²) >= 11 is 1.54. The maximum absolute atomic E-state index is 12.5. The molecule has 0 atom stereocenters. The first-order chi connectivity index (χ1) is 14.6. The fourth-order valence-electron chi connectivity index (χ4n) is 3.93. The van der Waals surface area contributed by atoms with Crippen LogP contribution in [-0.2, 0) is 16.1 Å². The van der Waals surface area contributed by atoms with Gasteiger partial charge in [-0.1, -0.05) is 12.1 Å². The number of aromatic nitrogens is 2. The van der Waals surface area contributed by atoms with Crippen LogP contribution in [0.3, 0.4) is 0 Å². The predicted octanol–water partition coefficient (Wildman–Crippen LogP) is 2.99. The molecule has 30 heavy (non-hydrogen) atoms. The smallest absolute Gasteiger partial charge is 0.273 e. The van der Waals surface area contributed by atoms with Gasteiger partial charge < -0.3 is 9.72 Å². The number of carbonyl (C=O) groups is 1. The second-order valence-electron chi connectivity index (χ2n) is 7.60. The molecule has 154 valence electrons. The monoisotopic (exact) mass is 421 g/mol. The molecule has 4 heterocycles. The standard InChI is InChI=1S/C22H23N5O2S/c1-13-16(12-27-7-9-29-10-8-27)14(2)23-18(13)11-15-20(25-26-21(15)28)22-24-17-5-3-4-6-19(17)30-22/h3-6,11,23H,7-10,12H2,1-2H3,(H,26,28)/b15-11+. The SMILES string of the molecule is Cc1[nH]c(/C=C2/C(=O)NN=C2c2nc3ccccc3s2)c(C)c1CN1CCOCC1. The van der Waals surface area contributed by atoms with E-state index < -0.39 is 0 Å². The average Bonchev–Trinajstić information content (AvgIpc) is 3.41. The Morgan fingerprint density at radius 2 is 2.03 bits per heavy atom. The van der Waals surface area contributed by atoms with Crippen LogP contribution in [0.1, 0.15) is 27.5 Å². The van der Waals surface area contributed by atoms with Crippen LogP contribution in [0.4, 0.5) is 0 Å². The number of morpholine rings is 1. The van der Waals surface area contributed by atoms with E-state index in [2.05, 4.69) is 39.2 Å². The van der Waals surface area contributed by atoms with Gasteiger partial charge in [0, 0.05) is 31.0 Å². The summed E-state index contributed by atoms with van der Waals surface area (Å²) in [6.07, 6.45) is 1.90. The van der Waals surface area contributed by atoms with Gasteiger partial charge in [-0.3, -0.25) is 9.69 Å². The number of para-hydroxylation sites is 1. The number of fused-ring (bicyclic) bond motifs is 1. The molecule has 1 saturated heterocycles. The molecule has 0 spiro atoms. The molecular weight excluding hydrogens is 398 g/mol. The van der Waals surface area contributed by atoms with Crippen LogP contribution in [0.15, 0.2) is 34.9 Å². The number of H-pyrrole nitrogens is 1. The maximum atomic E-state index is 12.5. The van der Waals surface area contributed by atoms with Gasteiger partial charge in [-0.2, -0.15) is 5.10 Å². The maximum Gasteiger partial charge on any atom is 0.273 e. The molecule has 2 aliphatic heterocycles. The number of nitrogens with zero attached hydrogens (tertiary/aromatic N) is 3. The molecule has 1 fully saturated rings. The summed E-state index contributed by atoms with van der Waals surface area (Å²) in [6.45, 7) is 8.51. The zero-order valence-electron chi connectivity index (χ0n) is 17.0. The highest BCUT2D eigenvalue weighted by Crippen LogP contribution is 2.28. The normalized spacial score (nSPS) is 18.9. The molecule has 2 N–H and O–H groups in total. The molecule has 0 aliphatic carbocycles. The lowest BCUT2D eigenvalue weighted by Gasteiger charge is -2.26. The number of amides is 1. The van der Waals surface area contributed by atoms with E-state index in [4.69, 9.17) is 4.74 Å². The van der Waals surface area contributed by atoms with Crippen LogP contribution in [-0.4, -0.2) is 52.8 Å². The number of carbonyl (C=O) groups excluding carboxylic acids is 1. The Labute approximate surface area is 178 Å². The van der Waals surface area contributed by atoms with E-state index in [-0.39, 0.29) is 5.91 Å². The minimum atomic E-state index is -0.203. The van der Waals surface area contributed by atoms with Crippen molar-refractivity contribution < 1.29 is 9.53 Å². The first-order valence-electron chi connectivity index (χ1n) is 10.0. The molecule has 8 heteroatoms. The molecule has 3 aromatic rings. The van der Waals surface area contributed by atoms with Crippen LogP contribution in [0, 0.1) is 13.8 Å². The zero-order chi connectivity index (χ0) is 20.7. The molecule has 1 aromatic carbocycles. The summed E-state index contributed by atoms with van der Waals surface area (Å²) < 4.78 is 6.54. The van der Waals surface area contributed by atoms with E-state index in [1.165, 1.54) is 5.56 Å². The number of aromatic amines is 1. The second kappa shape index (κ2) is 7.79. The summed E-state index contributed by atoms with van der Waals surface area (Å²) in [7, 11) is 0. The van der Waals surface area contributed by atoms with Crippen molar-refractivity contribution in [3.63, 3.8) is 0 Å². The molecule has 0 saturated carbocycles. The van der Waals surface area contributed by atoms with Gasteiger partial charge in [0.05, 0.1) is 29.0 Å². The van der Waals surface area contributed by atoms with E-state index in [9.17, 15) is 4.79 Å². The van der Waals surface area contributed by atoms with Crippen LogP contribution >= 0.6 is 11.3 Å². The van der Waals surface area contributed by atoms with E-state index in [0.29, 0.717) is 11.3 Å². The van der Waals surface area contributed by atoms with Crippen LogP contribution < -0.4 is 5.43 Å². The Hall–Kier alpha value is -2.81. The summed E-state index contributed by atoms with van der Waals surface area (Å²) in [4.78, 5) is 23.1. The second-order valence-corrected chi connectivity index (χ2v) is 8.63. The van der Waals surface area contributed by atoms with Gasteiger partial charge in [-0.25, -0.2) is 10.4 Å². The van der Waals surface area contributed by atoms with Crippen molar-refractivity contribution in [1.82, 2.24) is 20.3 Å². The number of aryl methyl sites for hydroxylation is 1. The molecule has 0 unspecified atom stereocenters. The number of nitrogens with one attached hydrogen (secondary N) is 2. The van der Waals surface area contributed by atoms with Crippen molar-refractivity contribution in [3.05, 3.63) is 57.4 Å². The van der Waals surface area contributed by atoms with Gasteiger partial charge in [-0.15, -0.1) is 11.3 Å². The van der Waals surface area contributed by atoms with Gasteiger partial charge in [0.25, 0.3) is 5.91 Å². The van der Waals surface area contributed by atoms with Crippen molar-refractivity contribution in [3.8, 4) is 0 Å². The quantitative estimate of drug-likeness (QED) is 0.635. The number of hydrogen-bond acceptors (Lipinski definition) is 6. The van der Waals surface area contributed by atoms with E-state index in [0.717, 1.165) is 65.0 Å². The van der Waals surface area contributed by atoms with E-state index in [1.54, 1.807) is 11.3 Å². The van der Waals surface area contributed by atoms with Crippen LogP contribution in [0.5, 0.6) is 0 Å². The first kappa shape index (κ1) is 19.2. The molecule has 1 amide bonds. The molecule has 5 rings (SSSR count). The third-order valence-corrected chi connectivity index (χ3v) is 6.71. The molecule has 0 bridgehead atoms. The van der Waals surface area contributed by atoms with Crippen molar-refractivity contribution in [2.45, 2.75) is 20.4 Å². The summed E-state index contributed by atoms with van der Waals surface area (Å²) in [6, 6.07) is 7.95. The average molecular weight is 422 g/mol. The third-order valence-electron chi connectivity index (χ3n) is 5.67. The number of benzene rings is 1. The fourth-order valence-corrected chi connectivity index (χ4v) is 4.90. The van der Waals surface area contributed by atoms with E-state index in [1.807, 2.05) is 30.3 Å². The molecule has 7 nitrogen and oxygen atoms in total. The predicted molar refractivity (Wildman–Crippen MR) is 119 cm³/mol. The van der Waals surface area contributed by atoms with Gasteiger partial charge in [-0.05, 0) is 43.2 Å². The lowest BCUT2D eigenvalue weighted by Crippen LogP contribution is -2.35. The number of hydrazone groups is 1. The Bertz CT molecular complexity index is 1150. The molecule has 2 aliphatic rings. The lowest BCUT2D eigenvalue weighted by atomic mass is 10.1. The number of thiazole rings is 1. The highest BCUT2D eigenvalue weighted by molar-refractivity contribution is 7.20. The van der Waals surface area contributed by atoms with Gasteiger partial charge in [0.1, 0.15) is 10.7 Å². The Morgan fingerprint density at radius 1 is 1.23 bits per heavy atom. The topological polar surface area (TPSA) is 82.6 Å². The van der Waals surface area contributed by atoms with Crippen molar-refractivity contribution >= 4 is 39.2 Å². The molecular formula is C22H23N5O2S. The highest BCUT2D eigenvalue weighted by atomic mass is 32.1. The molecule has 0 radical (unpaired) electrons. The van der Waals surface area contributed by atoms with E-state index >= 15 is 0 Å². The van der Waals surface area contributed by atoms with Crippen molar-refractivity contribution in [2.24, 2.45) is 5.10 Å². The van der Waals surface area contributed by atoms with Crippen molar-refractivity contribution in [1.29, 1.82) is 0 Å². The van der Waals surface area contributed by atoms with Gasteiger partial charge >= 0.3 is 0 Å². The Morgan fingerprint density at radius 3 is 2.83 bits per heavy atom. The van der Waals surface area contributed by atoms with Gasteiger partial charge in [0.2, 0.25) is 0 Å². The minimum Gasteiger partial charge on any atom is -0.379 e. The first-order valence-corrected chi connectivity index (χ1v) is 10.9. The van der Waals surface area contributed by atoms with Crippen molar-refractivity contribution in [2.75, 3.05) is 26.3 Å².